The summed E-state index contributed by atoms with van der Waals surface area (Å²) in [4.78, 5) is 28.0. The number of para-hydroxylation sites is 1. The van der Waals surface area contributed by atoms with Gasteiger partial charge in [0.25, 0.3) is 0 Å². The van der Waals surface area contributed by atoms with Gasteiger partial charge in [-0.1, -0.05) is 55.8 Å². The van der Waals surface area contributed by atoms with Crippen molar-refractivity contribution < 1.29 is 18.0 Å². The maximum absolute atomic E-state index is 13.5. The molecular formula is C24H32ClN3O4S. The van der Waals surface area contributed by atoms with Gasteiger partial charge < -0.3 is 10.2 Å². The van der Waals surface area contributed by atoms with Crippen LogP contribution >= 0.6 is 11.6 Å². The van der Waals surface area contributed by atoms with E-state index < -0.39 is 28.5 Å². The zero-order valence-corrected chi connectivity index (χ0v) is 21.1. The zero-order chi connectivity index (χ0) is 24.6. The summed E-state index contributed by atoms with van der Waals surface area (Å²) in [6, 6.07) is 14.6. The highest BCUT2D eigenvalue weighted by Crippen LogP contribution is 2.20. The monoisotopic (exact) mass is 493 g/mol. The Morgan fingerprint density at radius 3 is 2.12 bits per heavy atom. The number of carbonyl (C=O) groups is 2. The molecule has 1 N–H and O–H groups in total. The van der Waals surface area contributed by atoms with Crippen molar-refractivity contribution in [2.75, 3.05) is 17.1 Å². The lowest BCUT2D eigenvalue weighted by molar-refractivity contribution is -0.140. The van der Waals surface area contributed by atoms with E-state index in [0.717, 1.165) is 22.5 Å². The second-order valence-corrected chi connectivity index (χ2v) is 10.3. The minimum Gasteiger partial charge on any atom is -0.352 e. The van der Waals surface area contributed by atoms with Gasteiger partial charge in [0.2, 0.25) is 21.8 Å². The Morgan fingerprint density at radius 2 is 1.61 bits per heavy atom. The van der Waals surface area contributed by atoms with E-state index in [-0.39, 0.29) is 18.5 Å². The number of amides is 2. The van der Waals surface area contributed by atoms with Crippen LogP contribution in [0, 0.1) is 0 Å². The fraction of sp³-hybridized carbons (Fsp3) is 0.417. The molecule has 0 aliphatic rings. The van der Waals surface area contributed by atoms with E-state index in [9.17, 15) is 18.0 Å². The highest BCUT2D eigenvalue weighted by molar-refractivity contribution is 7.92. The number of rotatable bonds is 11. The Balaban J connectivity index is 2.40. The van der Waals surface area contributed by atoms with Crippen LogP contribution < -0.4 is 9.62 Å². The second-order valence-electron chi connectivity index (χ2n) is 8.00. The van der Waals surface area contributed by atoms with E-state index in [1.165, 1.54) is 4.90 Å². The van der Waals surface area contributed by atoms with Crippen LogP contribution in [0.3, 0.4) is 0 Å². The highest BCUT2D eigenvalue weighted by Gasteiger charge is 2.32. The second kappa shape index (κ2) is 12.0. The maximum Gasteiger partial charge on any atom is 0.244 e. The third-order valence-electron chi connectivity index (χ3n) is 5.38. The molecule has 0 aliphatic carbocycles. The lowest BCUT2D eigenvalue weighted by Crippen LogP contribution is -2.53. The number of nitrogens with one attached hydrogen (secondary N) is 1. The predicted octanol–water partition coefficient (Wildman–Crippen LogP) is 3.83. The quantitative estimate of drug-likeness (QED) is 0.515. The average Bonchev–Trinajstić information content (AvgIpc) is 2.78. The van der Waals surface area contributed by atoms with Gasteiger partial charge in [0.05, 0.1) is 11.9 Å². The molecular weight excluding hydrogens is 462 g/mol. The first-order valence-corrected chi connectivity index (χ1v) is 13.2. The summed E-state index contributed by atoms with van der Waals surface area (Å²) in [7, 11) is -3.73. The van der Waals surface area contributed by atoms with Crippen molar-refractivity contribution in [3.05, 3.63) is 65.2 Å². The summed E-state index contributed by atoms with van der Waals surface area (Å²) in [6.45, 7) is 5.43. The number of benzene rings is 2. The molecule has 33 heavy (non-hydrogen) atoms. The largest absolute Gasteiger partial charge is 0.352 e. The number of sulfonamides is 1. The van der Waals surface area contributed by atoms with Crippen molar-refractivity contribution >= 4 is 39.1 Å². The van der Waals surface area contributed by atoms with Gasteiger partial charge in [-0.3, -0.25) is 13.9 Å². The summed E-state index contributed by atoms with van der Waals surface area (Å²) in [5.41, 5.74) is 1.17. The Hall–Kier alpha value is -2.58. The molecule has 0 spiro atoms. The van der Waals surface area contributed by atoms with E-state index in [2.05, 4.69) is 5.32 Å². The van der Waals surface area contributed by atoms with Crippen LogP contribution in [0.15, 0.2) is 54.6 Å². The summed E-state index contributed by atoms with van der Waals surface area (Å²) in [6.07, 6.45) is 2.19. The number of halogens is 1. The van der Waals surface area contributed by atoms with Crippen LogP contribution in [0.2, 0.25) is 5.02 Å². The standard InChI is InChI=1S/C24H32ClN3O4S/c1-5-18(3)26-24(30)22(6-2)27(16-19-12-14-20(25)15-13-19)23(29)17-28(33(4,31)32)21-10-8-7-9-11-21/h7-15,18,22H,5-6,16-17H2,1-4H3,(H,26,30)/t18-,22-/m1/s1. The van der Waals surface area contributed by atoms with Crippen molar-refractivity contribution in [1.29, 1.82) is 0 Å². The molecule has 2 rings (SSSR count). The molecule has 0 aromatic heterocycles. The number of carbonyl (C=O) groups excluding carboxylic acids is 2. The van der Waals surface area contributed by atoms with Crippen molar-refractivity contribution in [2.45, 2.75) is 52.2 Å². The van der Waals surface area contributed by atoms with Gasteiger partial charge in [-0.05, 0) is 49.6 Å². The minimum atomic E-state index is -3.73. The first-order valence-electron chi connectivity index (χ1n) is 10.9. The lowest BCUT2D eigenvalue weighted by atomic mass is 10.1. The van der Waals surface area contributed by atoms with Crippen LogP contribution in [0.25, 0.3) is 0 Å². The molecule has 9 heteroatoms. The molecule has 2 atom stereocenters. The molecule has 180 valence electrons. The molecule has 0 radical (unpaired) electrons. The molecule has 7 nitrogen and oxygen atoms in total. The molecule has 2 aromatic carbocycles. The van der Waals surface area contributed by atoms with Gasteiger partial charge in [-0.2, -0.15) is 0 Å². The van der Waals surface area contributed by atoms with Gasteiger partial charge in [0.1, 0.15) is 12.6 Å². The Kier molecular flexibility index (Phi) is 9.73. The van der Waals surface area contributed by atoms with E-state index in [1.54, 1.807) is 54.6 Å². The van der Waals surface area contributed by atoms with Crippen LogP contribution in [-0.4, -0.2) is 50.0 Å². The van der Waals surface area contributed by atoms with Crippen LogP contribution in [0.5, 0.6) is 0 Å². The van der Waals surface area contributed by atoms with Crippen LogP contribution in [-0.2, 0) is 26.2 Å². The van der Waals surface area contributed by atoms with E-state index in [0.29, 0.717) is 17.1 Å². The van der Waals surface area contributed by atoms with E-state index >= 15 is 0 Å². The van der Waals surface area contributed by atoms with E-state index in [4.69, 9.17) is 11.6 Å². The molecule has 0 saturated heterocycles. The predicted molar refractivity (Wildman–Crippen MR) is 133 cm³/mol. The Bertz CT molecular complexity index is 1030. The summed E-state index contributed by atoms with van der Waals surface area (Å²) < 4.78 is 26.1. The molecule has 2 amide bonds. The average molecular weight is 494 g/mol. The third kappa shape index (κ3) is 7.75. The SMILES string of the molecule is CC[C@@H](C)NC(=O)[C@@H](CC)N(Cc1ccc(Cl)cc1)C(=O)CN(c1ccccc1)S(C)(=O)=O. The fourth-order valence-electron chi connectivity index (χ4n) is 3.36. The van der Waals surface area contributed by atoms with Crippen molar-refractivity contribution in [1.82, 2.24) is 10.2 Å². The number of nitrogens with zero attached hydrogens (tertiary/aromatic N) is 2. The molecule has 2 aromatic rings. The van der Waals surface area contributed by atoms with Crippen molar-refractivity contribution in [3.8, 4) is 0 Å². The third-order valence-corrected chi connectivity index (χ3v) is 6.77. The molecule has 0 saturated carbocycles. The smallest absolute Gasteiger partial charge is 0.244 e. The van der Waals surface area contributed by atoms with Crippen molar-refractivity contribution in [3.63, 3.8) is 0 Å². The minimum absolute atomic E-state index is 0.0455. The van der Waals surface area contributed by atoms with Gasteiger partial charge in [0, 0.05) is 17.6 Å². The first kappa shape index (κ1) is 26.7. The highest BCUT2D eigenvalue weighted by atomic mass is 35.5. The van der Waals surface area contributed by atoms with Gasteiger partial charge in [-0.15, -0.1) is 0 Å². The summed E-state index contributed by atoms with van der Waals surface area (Å²) in [5, 5.41) is 3.50. The molecule has 0 bridgehead atoms. The van der Waals surface area contributed by atoms with Crippen molar-refractivity contribution in [2.24, 2.45) is 0 Å². The van der Waals surface area contributed by atoms with Crippen LogP contribution in [0.4, 0.5) is 5.69 Å². The number of hydrogen-bond donors (Lipinski definition) is 1. The normalized spacial score (nSPS) is 13.1. The summed E-state index contributed by atoms with van der Waals surface area (Å²) in [5.74, 6) is -0.731. The van der Waals surface area contributed by atoms with E-state index in [1.807, 2.05) is 20.8 Å². The van der Waals surface area contributed by atoms with Gasteiger partial charge in [-0.25, -0.2) is 8.42 Å². The first-order chi connectivity index (χ1) is 15.6. The van der Waals surface area contributed by atoms with Crippen LogP contribution in [0.1, 0.15) is 39.2 Å². The van der Waals surface area contributed by atoms with Gasteiger partial charge >= 0.3 is 0 Å². The van der Waals surface area contributed by atoms with Gasteiger partial charge in [0.15, 0.2) is 0 Å². The molecule has 0 heterocycles. The lowest BCUT2D eigenvalue weighted by Gasteiger charge is -2.33. The summed E-state index contributed by atoms with van der Waals surface area (Å²) >= 11 is 5.99. The maximum atomic E-state index is 13.5. The Labute approximate surface area is 201 Å². The fourth-order valence-corrected chi connectivity index (χ4v) is 4.33. The molecule has 0 fully saturated rings. The Morgan fingerprint density at radius 1 is 1.00 bits per heavy atom. The molecule has 0 unspecified atom stereocenters. The zero-order valence-electron chi connectivity index (χ0n) is 19.5. The molecule has 0 aliphatic heterocycles. The number of hydrogen-bond acceptors (Lipinski definition) is 4. The number of anilines is 1. The topological polar surface area (TPSA) is 86.8 Å².